The lowest BCUT2D eigenvalue weighted by atomic mass is 10.2. The Morgan fingerprint density at radius 3 is 2.50 bits per heavy atom. The van der Waals surface area contributed by atoms with E-state index in [9.17, 15) is 14.7 Å². The van der Waals surface area contributed by atoms with Crippen molar-refractivity contribution in [2.45, 2.75) is 0 Å². The molecule has 0 unspecified atom stereocenters. The maximum atomic E-state index is 11.8. The number of thiocarbonyl (C=S) groups is 1. The topological polar surface area (TPSA) is 78.4 Å². The minimum atomic E-state index is -1.10. The van der Waals surface area contributed by atoms with Crippen LogP contribution in [-0.4, -0.2) is 22.1 Å². The number of benzene rings is 2. The fourth-order valence-corrected chi connectivity index (χ4v) is 2.42. The fourth-order valence-electron chi connectivity index (χ4n) is 1.85. The molecule has 0 spiro atoms. The van der Waals surface area contributed by atoms with Crippen molar-refractivity contribution >= 4 is 56.9 Å². The van der Waals surface area contributed by atoms with E-state index in [1.807, 2.05) is 30.3 Å². The van der Waals surface area contributed by atoms with Gasteiger partial charge in [0.25, 0.3) is 0 Å². The summed E-state index contributed by atoms with van der Waals surface area (Å²) in [6, 6.07) is 14.0. The zero-order valence-electron chi connectivity index (χ0n) is 12.3. The summed E-state index contributed by atoms with van der Waals surface area (Å²) in [5.41, 5.74) is 1.22. The van der Waals surface area contributed by atoms with Crippen LogP contribution in [0.25, 0.3) is 6.08 Å². The van der Waals surface area contributed by atoms with Gasteiger partial charge >= 0.3 is 5.97 Å². The van der Waals surface area contributed by atoms with Gasteiger partial charge in [0.1, 0.15) is 0 Å². The molecule has 0 aromatic heterocycles. The van der Waals surface area contributed by atoms with Crippen molar-refractivity contribution in [2.24, 2.45) is 0 Å². The van der Waals surface area contributed by atoms with Crippen LogP contribution in [0.2, 0.25) is 0 Å². The highest BCUT2D eigenvalue weighted by Crippen LogP contribution is 2.21. The summed E-state index contributed by atoms with van der Waals surface area (Å²) in [4.78, 5) is 23.1. The molecule has 7 heteroatoms. The first-order valence-corrected chi connectivity index (χ1v) is 8.04. The Morgan fingerprint density at radius 1 is 1.12 bits per heavy atom. The number of carbonyl (C=O) groups is 2. The molecule has 0 bridgehead atoms. The molecule has 0 fully saturated rings. The Labute approximate surface area is 152 Å². The van der Waals surface area contributed by atoms with Crippen LogP contribution in [0.4, 0.5) is 5.69 Å². The van der Waals surface area contributed by atoms with Crippen molar-refractivity contribution in [1.29, 1.82) is 0 Å². The number of nitrogens with one attached hydrogen (secondary N) is 2. The van der Waals surface area contributed by atoms with E-state index >= 15 is 0 Å². The van der Waals surface area contributed by atoms with Crippen LogP contribution in [0, 0.1) is 0 Å². The summed E-state index contributed by atoms with van der Waals surface area (Å²) in [7, 11) is 0. The number of hydrogen-bond donors (Lipinski definition) is 3. The molecule has 2 rings (SSSR count). The molecule has 0 atom stereocenters. The van der Waals surface area contributed by atoms with Crippen molar-refractivity contribution in [3.8, 4) is 0 Å². The average molecular weight is 405 g/mol. The van der Waals surface area contributed by atoms with Gasteiger partial charge in [-0.2, -0.15) is 0 Å². The standard InChI is InChI=1S/C17H13BrN2O3S/c18-12-7-8-14(13(10-12)16(22)23)19-17(24)20-15(21)9-6-11-4-2-1-3-5-11/h1-10H,(H,22,23)(H2,19,20,21,24)/b9-6+. The quantitative estimate of drug-likeness (QED) is 0.535. The summed E-state index contributed by atoms with van der Waals surface area (Å²) < 4.78 is 0.631. The van der Waals surface area contributed by atoms with Crippen LogP contribution in [-0.2, 0) is 4.79 Å². The number of carboxylic acid groups (broad SMARTS) is 1. The smallest absolute Gasteiger partial charge is 0.337 e. The number of halogens is 1. The van der Waals surface area contributed by atoms with Crippen molar-refractivity contribution < 1.29 is 14.7 Å². The second-order valence-electron chi connectivity index (χ2n) is 4.68. The molecule has 122 valence electrons. The predicted octanol–water partition coefficient (Wildman–Crippen LogP) is 3.67. The third kappa shape index (κ3) is 5.29. The molecule has 0 radical (unpaired) electrons. The van der Waals surface area contributed by atoms with Gasteiger partial charge in [-0.15, -0.1) is 0 Å². The van der Waals surface area contributed by atoms with E-state index in [1.165, 1.54) is 12.1 Å². The molecule has 2 aromatic rings. The number of rotatable bonds is 4. The number of anilines is 1. The zero-order valence-corrected chi connectivity index (χ0v) is 14.7. The Hall–Kier alpha value is -2.51. The zero-order chi connectivity index (χ0) is 17.5. The van der Waals surface area contributed by atoms with Crippen LogP contribution >= 0.6 is 28.1 Å². The summed E-state index contributed by atoms with van der Waals surface area (Å²) >= 11 is 8.25. The van der Waals surface area contributed by atoms with Gasteiger partial charge in [0, 0.05) is 10.5 Å². The number of carboxylic acids is 1. The molecule has 5 nitrogen and oxygen atoms in total. The molecule has 2 aromatic carbocycles. The molecule has 0 saturated carbocycles. The van der Waals surface area contributed by atoms with Gasteiger partial charge < -0.3 is 10.4 Å². The normalized spacial score (nSPS) is 10.4. The van der Waals surface area contributed by atoms with Gasteiger partial charge in [-0.1, -0.05) is 46.3 Å². The van der Waals surface area contributed by atoms with Crippen LogP contribution in [0.1, 0.15) is 15.9 Å². The Morgan fingerprint density at radius 2 is 1.83 bits per heavy atom. The van der Waals surface area contributed by atoms with Gasteiger partial charge in [-0.25, -0.2) is 4.79 Å². The first kappa shape index (κ1) is 17.8. The van der Waals surface area contributed by atoms with Gasteiger partial charge in [0.15, 0.2) is 5.11 Å². The summed E-state index contributed by atoms with van der Waals surface area (Å²) in [6.45, 7) is 0. The Balaban J connectivity index is 2.00. The molecule has 1 amide bonds. The molecular weight excluding hydrogens is 392 g/mol. The van der Waals surface area contributed by atoms with E-state index < -0.39 is 11.9 Å². The van der Waals surface area contributed by atoms with Crippen LogP contribution in [0.15, 0.2) is 59.1 Å². The van der Waals surface area contributed by atoms with E-state index in [2.05, 4.69) is 26.6 Å². The summed E-state index contributed by atoms with van der Waals surface area (Å²) in [6.07, 6.45) is 3.00. The number of aromatic carboxylic acids is 1. The summed E-state index contributed by atoms with van der Waals surface area (Å²) in [5, 5.41) is 14.4. The highest BCUT2D eigenvalue weighted by molar-refractivity contribution is 9.10. The minimum absolute atomic E-state index is 0.0162. The maximum absolute atomic E-state index is 11.8. The van der Waals surface area contributed by atoms with Crippen molar-refractivity contribution in [1.82, 2.24) is 5.32 Å². The molecule has 0 saturated heterocycles. The first-order chi connectivity index (χ1) is 11.5. The van der Waals surface area contributed by atoms with Crippen molar-refractivity contribution in [3.05, 3.63) is 70.2 Å². The van der Waals surface area contributed by atoms with Gasteiger partial charge in [0.2, 0.25) is 5.91 Å². The highest BCUT2D eigenvalue weighted by Gasteiger charge is 2.12. The van der Waals surface area contributed by atoms with Crippen LogP contribution < -0.4 is 10.6 Å². The SMILES string of the molecule is O=C(/C=C/c1ccccc1)NC(=S)Nc1ccc(Br)cc1C(=O)O. The monoisotopic (exact) mass is 404 g/mol. The minimum Gasteiger partial charge on any atom is -0.478 e. The number of carbonyl (C=O) groups excluding carboxylic acids is 1. The second kappa shape index (κ2) is 8.37. The lowest BCUT2D eigenvalue weighted by Crippen LogP contribution is -2.33. The largest absolute Gasteiger partial charge is 0.478 e. The predicted molar refractivity (Wildman–Crippen MR) is 101 cm³/mol. The third-order valence-electron chi connectivity index (χ3n) is 2.92. The molecule has 0 aliphatic heterocycles. The molecule has 0 aliphatic rings. The Kier molecular flexibility index (Phi) is 6.22. The molecule has 0 heterocycles. The lowest BCUT2D eigenvalue weighted by Gasteiger charge is -2.11. The number of hydrogen-bond acceptors (Lipinski definition) is 3. The maximum Gasteiger partial charge on any atom is 0.337 e. The number of amides is 1. The molecule has 24 heavy (non-hydrogen) atoms. The van der Waals surface area contributed by atoms with Crippen molar-refractivity contribution in [3.63, 3.8) is 0 Å². The van der Waals surface area contributed by atoms with Gasteiger partial charge in [0.05, 0.1) is 11.3 Å². The highest BCUT2D eigenvalue weighted by atomic mass is 79.9. The molecular formula is C17H13BrN2O3S. The Bertz CT molecular complexity index is 807. The average Bonchev–Trinajstić information content (AvgIpc) is 2.55. The van der Waals surface area contributed by atoms with Crippen LogP contribution in [0.3, 0.4) is 0 Å². The van der Waals surface area contributed by atoms with E-state index in [0.29, 0.717) is 10.2 Å². The van der Waals surface area contributed by atoms with E-state index in [-0.39, 0.29) is 10.7 Å². The molecule has 3 N–H and O–H groups in total. The van der Waals surface area contributed by atoms with Crippen molar-refractivity contribution in [2.75, 3.05) is 5.32 Å². The third-order valence-corrected chi connectivity index (χ3v) is 3.62. The fraction of sp³-hybridized carbons (Fsp3) is 0. The second-order valence-corrected chi connectivity index (χ2v) is 6.01. The molecule has 0 aliphatic carbocycles. The van der Waals surface area contributed by atoms with E-state index in [4.69, 9.17) is 12.2 Å². The van der Waals surface area contributed by atoms with Crippen LogP contribution in [0.5, 0.6) is 0 Å². The first-order valence-electron chi connectivity index (χ1n) is 6.83. The van der Waals surface area contributed by atoms with E-state index in [0.717, 1.165) is 5.56 Å². The lowest BCUT2D eigenvalue weighted by molar-refractivity contribution is -0.115. The summed E-state index contributed by atoms with van der Waals surface area (Å²) in [5.74, 6) is -1.51. The van der Waals surface area contributed by atoms with Gasteiger partial charge in [-0.3, -0.25) is 10.1 Å². The van der Waals surface area contributed by atoms with Gasteiger partial charge in [-0.05, 0) is 42.1 Å². The van der Waals surface area contributed by atoms with E-state index in [1.54, 1.807) is 18.2 Å².